The molecule has 1 rings (SSSR count). The van der Waals surface area contributed by atoms with Gasteiger partial charge in [0.25, 0.3) is 0 Å². The molecule has 0 aromatic rings. The maximum absolute atomic E-state index is 2.52. The fourth-order valence-electron chi connectivity index (χ4n) is 1.52. The van der Waals surface area contributed by atoms with Crippen molar-refractivity contribution < 1.29 is 19.4 Å². The molecule has 1 nitrogen and oxygen atoms in total. The van der Waals surface area contributed by atoms with Crippen molar-refractivity contribution in [2.75, 3.05) is 13.1 Å². The second-order valence-corrected chi connectivity index (χ2v) is 4.60. The van der Waals surface area contributed by atoms with E-state index in [4.69, 9.17) is 0 Å². The second-order valence-electron chi connectivity index (χ2n) is 3.63. The Hall–Kier alpha value is -0.00169. The molecule has 1 aliphatic heterocycles. The molecule has 0 saturated carbocycles. The van der Waals surface area contributed by atoms with Crippen molar-refractivity contribution in [3.63, 3.8) is 0 Å². The average molecular weight is 347 g/mol. The van der Waals surface area contributed by atoms with Crippen LogP contribution in [-0.4, -0.2) is 28.4 Å². The molecule has 0 radical (unpaired) electrons. The third-order valence-corrected chi connectivity index (χ3v) is 2.89. The first-order valence-electron chi connectivity index (χ1n) is 4.79. The van der Waals surface area contributed by atoms with Crippen molar-refractivity contribution >= 4 is 4.40 Å². The van der Waals surface area contributed by atoms with Crippen molar-refractivity contribution in [2.45, 2.75) is 26.3 Å². The van der Waals surface area contributed by atoms with Gasteiger partial charge < -0.3 is 0 Å². The van der Waals surface area contributed by atoms with Gasteiger partial charge in [-0.05, 0) is 0 Å². The van der Waals surface area contributed by atoms with E-state index in [2.05, 4.69) is 41.4 Å². The Morgan fingerprint density at radius 1 is 1.54 bits per heavy atom. The molecular weight excluding hydrogens is 330 g/mol. The Kier molecular flexibility index (Phi) is 4.83. The maximum atomic E-state index is 2.52. The predicted octanol–water partition coefficient (Wildman–Crippen LogP) is 1.93. The molecular formula is C11H17NW. The molecule has 0 aliphatic carbocycles. The normalized spacial score (nSPS) is 19.5. The minimum atomic E-state index is 0.674. The van der Waals surface area contributed by atoms with E-state index in [1.54, 1.807) is 0 Å². The minimum absolute atomic E-state index is 0.674. The van der Waals surface area contributed by atoms with Gasteiger partial charge in [0, 0.05) is 0 Å². The summed E-state index contributed by atoms with van der Waals surface area (Å²) in [6.07, 6.45) is 7.95. The van der Waals surface area contributed by atoms with E-state index >= 15 is 0 Å². The van der Waals surface area contributed by atoms with Crippen LogP contribution in [0, 0.1) is 0 Å². The molecule has 72 valence electrons. The summed E-state index contributed by atoms with van der Waals surface area (Å²) < 4.78 is 2.16. The monoisotopic (exact) mass is 347 g/mol. The van der Waals surface area contributed by atoms with Crippen molar-refractivity contribution in [2.24, 2.45) is 0 Å². The third kappa shape index (κ3) is 3.70. The van der Waals surface area contributed by atoms with Crippen LogP contribution in [0.5, 0.6) is 0 Å². The van der Waals surface area contributed by atoms with E-state index in [1.807, 2.05) is 0 Å². The number of nitrogens with zero attached hydrogens (tertiary/aromatic N) is 1. The Morgan fingerprint density at radius 3 is 2.92 bits per heavy atom. The third-order valence-electron chi connectivity index (χ3n) is 2.33. The van der Waals surface area contributed by atoms with Gasteiger partial charge in [0.05, 0.1) is 0 Å². The van der Waals surface area contributed by atoms with Gasteiger partial charge in [-0.15, -0.1) is 0 Å². The molecule has 0 fully saturated rings. The van der Waals surface area contributed by atoms with Crippen molar-refractivity contribution in [3.05, 3.63) is 23.8 Å². The zero-order chi connectivity index (χ0) is 9.68. The van der Waals surface area contributed by atoms with Crippen LogP contribution >= 0.6 is 0 Å². The molecule has 0 amide bonds. The fourth-order valence-corrected chi connectivity index (χ4v) is 1.80. The van der Waals surface area contributed by atoms with E-state index in [0.717, 1.165) is 6.54 Å². The molecule has 0 N–H and O–H groups in total. The quantitative estimate of drug-likeness (QED) is 0.754. The van der Waals surface area contributed by atoms with Crippen LogP contribution < -0.4 is 0 Å². The summed E-state index contributed by atoms with van der Waals surface area (Å²) in [6, 6.07) is 0.674. The standard InChI is InChI=1S/C11H17N.W/c1-4-6-11-7-5-8-12(9-11)10(2)3;/h1,4,6-7,10H,5,8-9H2,2-3H3;/b6-4-;. The average Bonchev–Trinajstić information content (AvgIpc) is 2.15. The molecule has 0 aromatic heterocycles. The Bertz CT molecular complexity index is 228. The molecule has 0 unspecified atom stereocenters. The van der Waals surface area contributed by atoms with E-state index in [9.17, 15) is 0 Å². The number of rotatable bonds is 3. The molecule has 0 atom stereocenters. The van der Waals surface area contributed by atoms with Gasteiger partial charge in [-0.1, -0.05) is 0 Å². The summed E-state index contributed by atoms with van der Waals surface area (Å²) in [7, 11) is 0. The molecule has 0 aromatic carbocycles. The van der Waals surface area contributed by atoms with Crippen molar-refractivity contribution in [3.8, 4) is 0 Å². The first kappa shape index (κ1) is 11.1. The molecule has 1 aliphatic rings. The zero-order valence-corrected chi connectivity index (χ0v) is 11.3. The summed E-state index contributed by atoms with van der Waals surface area (Å²) in [4.78, 5) is 2.52. The molecule has 2 heteroatoms. The van der Waals surface area contributed by atoms with Gasteiger partial charge in [-0.25, -0.2) is 0 Å². The van der Waals surface area contributed by atoms with E-state index in [1.165, 1.54) is 37.9 Å². The number of hydrogen-bond donors (Lipinski definition) is 0. The van der Waals surface area contributed by atoms with Gasteiger partial charge in [0.15, 0.2) is 0 Å². The summed E-state index contributed by atoms with van der Waals surface area (Å²) >= 11 is 1.52. The molecule has 0 spiro atoms. The van der Waals surface area contributed by atoms with Crippen LogP contribution in [0.25, 0.3) is 0 Å². The summed E-state index contributed by atoms with van der Waals surface area (Å²) in [6.45, 7) is 6.87. The summed E-state index contributed by atoms with van der Waals surface area (Å²) in [5, 5.41) is 0. The number of allylic oxidation sites excluding steroid dienone is 1. The first-order chi connectivity index (χ1) is 6.24. The number of hydrogen-bond acceptors (Lipinski definition) is 1. The van der Waals surface area contributed by atoms with Crippen molar-refractivity contribution in [1.29, 1.82) is 0 Å². The summed E-state index contributed by atoms with van der Waals surface area (Å²) in [5.41, 5.74) is 1.47. The topological polar surface area (TPSA) is 3.24 Å². The van der Waals surface area contributed by atoms with Gasteiger partial charge >= 0.3 is 91.9 Å². The van der Waals surface area contributed by atoms with Crippen LogP contribution in [-0.2, 0) is 19.4 Å². The SMILES string of the molecule is CC(C)N1CCC=C(/C=C\[CH]=[W])C1. The molecule has 1 heterocycles. The Balaban J connectivity index is 2.53. The van der Waals surface area contributed by atoms with Crippen LogP contribution in [0.3, 0.4) is 0 Å². The van der Waals surface area contributed by atoms with Gasteiger partial charge in [-0.3, -0.25) is 0 Å². The van der Waals surface area contributed by atoms with Crippen molar-refractivity contribution in [1.82, 2.24) is 4.90 Å². The van der Waals surface area contributed by atoms with E-state index in [0.29, 0.717) is 6.04 Å². The van der Waals surface area contributed by atoms with E-state index in [-0.39, 0.29) is 0 Å². The summed E-state index contributed by atoms with van der Waals surface area (Å²) in [5.74, 6) is 0. The zero-order valence-electron chi connectivity index (χ0n) is 8.36. The van der Waals surface area contributed by atoms with E-state index < -0.39 is 0 Å². The van der Waals surface area contributed by atoms with Gasteiger partial charge in [0.2, 0.25) is 0 Å². The molecule has 0 saturated heterocycles. The predicted molar refractivity (Wildman–Crippen MR) is 54.6 cm³/mol. The molecule has 0 bridgehead atoms. The van der Waals surface area contributed by atoms with Crippen LogP contribution in [0.4, 0.5) is 0 Å². The second kappa shape index (κ2) is 5.67. The van der Waals surface area contributed by atoms with Crippen LogP contribution in [0.15, 0.2) is 23.8 Å². The Labute approximate surface area is 91.9 Å². The Morgan fingerprint density at radius 2 is 2.31 bits per heavy atom. The van der Waals surface area contributed by atoms with Crippen LogP contribution in [0.1, 0.15) is 20.3 Å². The fraction of sp³-hybridized carbons (Fsp3) is 0.545. The molecule has 13 heavy (non-hydrogen) atoms. The first-order valence-corrected chi connectivity index (χ1v) is 6.48. The van der Waals surface area contributed by atoms with Crippen LogP contribution in [0.2, 0.25) is 0 Å². The van der Waals surface area contributed by atoms with Gasteiger partial charge in [-0.2, -0.15) is 0 Å². The van der Waals surface area contributed by atoms with Gasteiger partial charge in [0.1, 0.15) is 0 Å².